The highest BCUT2D eigenvalue weighted by molar-refractivity contribution is 6.06. The molecule has 0 bridgehead atoms. The molecule has 0 radical (unpaired) electrons. The molecule has 74 valence electrons. The molecule has 3 heteroatoms. The molecule has 0 saturated carbocycles. The fraction of sp³-hybridized carbons (Fsp3) is 0.364. The molecule has 14 heavy (non-hydrogen) atoms. The molecule has 0 aromatic heterocycles. The third-order valence-corrected chi connectivity index (χ3v) is 2.63. The van der Waals surface area contributed by atoms with Crippen molar-refractivity contribution in [1.29, 1.82) is 0 Å². The van der Waals surface area contributed by atoms with Crippen LogP contribution in [-0.4, -0.2) is 17.9 Å². The Bertz CT molecular complexity index is 397. The van der Waals surface area contributed by atoms with Crippen LogP contribution in [-0.2, 0) is 11.3 Å². The first-order chi connectivity index (χ1) is 6.74. The van der Waals surface area contributed by atoms with Gasteiger partial charge in [-0.05, 0) is 37.0 Å². The number of hydrogen-bond donors (Lipinski definition) is 1. The Morgan fingerprint density at radius 2 is 2.14 bits per heavy atom. The van der Waals surface area contributed by atoms with E-state index in [1.54, 1.807) is 6.07 Å². The lowest BCUT2D eigenvalue weighted by atomic mass is 10.0. The van der Waals surface area contributed by atoms with Gasteiger partial charge in [0, 0.05) is 5.56 Å². The largest absolute Gasteiger partial charge is 0.507 e. The van der Waals surface area contributed by atoms with E-state index in [0.717, 1.165) is 24.1 Å². The van der Waals surface area contributed by atoms with Crippen LogP contribution in [0.5, 0.6) is 5.75 Å². The summed E-state index contributed by atoms with van der Waals surface area (Å²) in [5.41, 5.74) is 4.12. The van der Waals surface area contributed by atoms with Crippen LogP contribution in [0.25, 0.3) is 0 Å². The van der Waals surface area contributed by atoms with Gasteiger partial charge in [0.1, 0.15) is 12.9 Å². The maximum atomic E-state index is 9.72. The minimum Gasteiger partial charge on any atom is -0.507 e. The summed E-state index contributed by atoms with van der Waals surface area (Å²) >= 11 is 0. The quantitative estimate of drug-likeness (QED) is 0.690. The Kier molecular flexibility index (Phi) is 2.15. The number of oxime groups is 1. The molecule has 0 heterocycles. The number of phenols is 1. The minimum absolute atomic E-state index is 0.305. The monoisotopic (exact) mass is 191 g/mol. The molecule has 2 rings (SSSR count). The van der Waals surface area contributed by atoms with Gasteiger partial charge in [0.15, 0.2) is 0 Å². The summed E-state index contributed by atoms with van der Waals surface area (Å²) in [5, 5.41) is 13.6. The number of hydrogen-bond acceptors (Lipinski definition) is 3. The molecule has 1 aliphatic carbocycles. The number of aryl methyl sites for hydroxylation is 1. The average Bonchev–Trinajstić information content (AvgIpc) is 2.58. The van der Waals surface area contributed by atoms with Gasteiger partial charge in [0.2, 0.25) is 0 Å². The molecule has 1 aliphatic rings. The predicted octanol–water partition coefficient (Wildman–Crippen LogP) is 2.00. The first-order valence-electron chi connectivity index (χ1n) is 4.66. The van der Waals surface area contributed by atoms with Crippen molar-refractivity contribution in [3.05, 3.63) is 28.8 Å². The maximum absolute atomic E-state index is 9.72. The van der Waals surface area contributed by atoms with Crippen LogP contribution >= 0.6 is 0 Å². The van der Waals surface area contributed by atoms with Gasteiger partial charge in [-0.1, -0.05) is 11.2 Å². The van der Waals surface area contributed by atoms with Crippen molar-refractivity contribution in [2.45, 2.75) is 19.8 Å². The summed E-state index contributed by atoms with van der Waals surface area (Å²) in [6.07, 6.45) is 1.79. The molecule has 0 saturated heterocycles. The smallest absolute Gasteiger partial charge is 0.125 e. The minimum atomic E-state index is 0.305. The van der Waals surface area contributed by atoms with E-state index in [-0.39, 0.29) is 0 Å². The van der Waals surface area contributed by atoms with Crippen molar-refractivity contribution in [3.8, 4) is 5.75 Å². The van der Waals surface area contributed by atoms with Crippen molar-refractivity contribution in [1.82, 2.24) is 0 Å². The van der Waals surface area contributed by atoms with Gasteiger partial charge in [-0.2, -0.15) is 0 Å². The molecule has 0 spiro atoms. The molecule has 0 atom stereocenters. The van der Waals surface area contributed by atoms with E-state index >= 15 is 0 Å². The summed E-state index contributed by atoms with van der Waals surface area (Å²) < 4.78 is 0. The molecular formula is C11H13NO2. The van der Waals surface area contributed by atoms with Crippen molar-refractivity contribution >= 4 is 5.71 Å². The van der Waals surface area contributed by atoms with Crippen molar-refractivity contribution < 1.29 is 9.94 Å². The molecule has 3 nitrogen and oxygen atoms in total. The highest BCUT2D eigenvalue weighted by atomic mass is 16.6. The van der Waals surface area contributed by atoms with Gasteiger partial charge >= 0.3 is 0 Å². The van der Waals surface area contributed by atoms with E-state index in [2.05, 4.69) is 5.16 Å². The molecular weight excluding hydrogens is 178 g/mol. The van der Waals surface area contributed by atoms with Crippen LogP contribution in [0.3, 0.4) is 0 Å². The van der Waals surface area contributed by atoms with Gasteiger partial charge in [0.25, 0.3) is 0 Å². The Labute approximate surface area is 83.0 Å². The normalized spacial score (nSPS) is 17.1. The highest BCUT2D eigenvalue weighted by Gasteiger charge is 2.23. The van der Waals surface area contributed by atoms with E-state index in [1.165, 1.54) is 18.2 Å². The molecule has 0 aliphatic heterocycles. The molecule has 0 unspecified atom stereocenters. The van der Waals surface area contributed by atoms with Crippen LogP contribution in [0.1, 0.15) is 23.1 Å². The van der Waals surface area contributed by atoms with Crippen LogP contribution in [0.2, 0.25) is 0 Å². The van der Waals surface area contributed by atoms with E-state index in [4.69, 9.17) is 4.84 Å². The van der Waals surface area contributed by atoms with Gasteiger partial charge in [-0.25, -0.2) is 0 Å². The van der Waals surface area contributed by atoms with Gasteiger partial charge in [0.05, 0.1) is 5.71 Å². The lowest BCUT2D eigenvalue weighted by Gasteiger charge is -2.05. The van der Waals surface area contributed by atoms with Gasteiger partial charge in [-0.3, -0.25) is 0 Å². The molecule has 1 aromatic rings. The lowest BCUT2D eigenvalue weighted by molar-refractivity contribution is 0.213. The Morgan fingerprint density at radius 3 is 2.86 bits per heavy atom. The van der Waals surface area contributed by atoms with Crippen LogP contribution in [0.4, 0.5) is 0 Å². The fourth-order valence-electron chi connectivity index (χ4n) is 1.95. The number of phenolic OH excluding ortho intramolecular Hbond substituents is 1. The Morgan fingerprint density at radius 1 is 1.36 bits per heavy atom. The second kappa shape index (κ2) is 3.33. The SMILES string of the molecule is CO/N=C1\CCc2c(C)ccc(O)c21. The van der Waals surface area contributed by atoms with E-state index < -0.39 is 0 Å². The zero-order valence-electron chi connectivity index (χ0n) is 8.37. The molecule has 1 aromatic carbocycles. The van der Waals surface area contributed by atoms with E-state index in [9.17, 15) is 5.11 Å². The fourth-order valence-corrected chi connectivity index (χ4v) is 1.95. The first-order valence-corrected chi connectivity index (χ1v) is 4.66. The topological polar surface area (TPSA) is 41.8 Å². The summed E-state index contributed by atoms with van der Waals surface area (Å²) in [6, 6.07) is 3.65. The van der Waals surface area contributed by atoms with E-state index in [0.29, 0.717) is 5.75 Å². The third-order valence-electron chi connectivity index (χ3n) is 2.63. The van der Waals surface area contributed by atoms with Crippen LogP contribution < -0.4 is 0 Å². The number of rotatable bonds is 1. The maximum Gasteiger partial charge on any atom is 0.125 e. The standard InChI is InChI=1S/C11H13NO2/c1-7-3-6-10(13)11-8(7)4-5-9(11)12-14-2/h3,6,13H,4-5H2,1-2H3/b12-9+. The third kappa shape index (κ3) is 1.25. The Balaban J connectivity index is 2.59. The number of aromatic hydroxyl groups is 1. The molecule has 0 amide bonds. The van der Waals surface area contributed by atoms with Crippen molar-refractivity contribution in [2.24, 2.45) is 5.16 Å². The number of fused-ring (bicyclic) bond motifs is 1. The van der Waals surface area contributed by atoms with E-state index in [1.807, 2.05) is 13.0 Å². The molecule has 1 N–H and O–H groups in total. The van der Waals surface area contributed by atoms with Crippen LogP contribution in [0, 0.1) is 6.92 Å². The zero-order chi connectivity index (χ0) is 10.1. The average molecular weight is 191 g/mol. The second-order valence-electron chi connectivity index (χ2n) is 3.48. The van der Waals surface area contributed by atoms with Crippen molar-refractivity contribution in [2.75, 3.05) is 7.11 Å². The number of nitrogens with zero attached hydrogens (tertiary/aromatic N) is 1. The van der Waals surface area contributed by atoms with Crippen LogP contribution in [0.15, 0.2) is 17.3 Å². The predicted molar refractivity (Wildman–Crippen MR) is 54.7 cm³/mol. The second-order valence-corrected chi connectivity index (χ2v) is 3.48. The van der Waals surface area contributed by atoms with Gasteiger partial charge < -0.3 is 9.94 Å². The van der Waals surface area contributed by atoms with Gasteiger partial charge in [-0.15, -0.1) is 0 Å². The lowest BCUT2D eigenvalue weighted by Crippen LogP contribution is -1.96. The summed E-state index contributed by atoms with van der Waals surface area (Å²) in [7, 11) is 1.53. The number of benzene rings is 1. The first kappa shape index (κ1) is 9.06. The summed E-state index contributed by atoms with van der Waals surface area (Å²) in [4.78, 5) is 4.75. The zero-order valence-corrected chi connectivity index (χ0v) is 8.37. The summed E-state index contributed by atoms with van der Waals surface area (Å²) in [6.45, 7) is 2.05. The summed E-state index contributed by atoms with van der Waals surface area (Å²) in [5.74, 6) is 0.305. The van der Waals surface area contributed by atoms with Crippen molar-refractivity contribution in [3.63, 3.8) is 0 Å². The molecule has 0 fully saturated rings. The highest BCUT2D eigenvalue weighted by Crippen LogP contribution is 2.32. The Hall–Kier alpha value is -1.51.